The third-order valence-corrected chi connectivity index (χ3v) is 6.25. The summed E-state index contributed by atoms with van der Waals surface area (Å²) in [6, 6.07) is 17.9. The zero-order valence-electron chi connectivity index (χ0n) is 15.7. The van der Waals surface area contributed by atoms with Crippen molar-refractivity contribution in [1.29, 1.82) is 0 Å². The Morgan fingerprint density at radius 3 is 2.46 bits per heavy atom. The molecule has 0 radical (unpaired) electrons. The maximum atomic E-state index is 13.7. The van der Waals surface area contributed by atoms with E-state index in [1.54, 1.807) is 0 Å². The minimum atomic E-state index is -0.575. The van der Waals surface area contributed by atoms with E-state index in [4.69, 9.17) is 22.1 Å². The lowest BCUT2D eigenvalue weighted by Gasteiger charge is -2.39. The van der Waals surface area contributed by atoms with Gasteiger partial charge in [0.05, 0.1) is 5.41 Å². The molecule has 4 nitrogen and oxygen atoms in total. The molecule has 0 bridgehead atoms. The summed E-state index contributed by atoms with van der Waals surface area (Å²) in [5.41, 5.74) is 8.04. The maximum Gasteiger partial charge on any atom is 0.233 e. The van der Waals surface area contributed by atoms with Crippen LogP contribution in [0.15, 0.2) is 54.6 Å². The van der Waals surface area contributed by atoms with Gasteiger partial charge >= 0.3 is 0 Å². The number of amides is 1. The van der Waals surface area contributed by atoms with Crippen molar-refractivity contribution in [3.8, 4) is 0 Å². The summed E-state index contributed by atoms with van der Waals surface area (Å²) in [6.45, 7) is 2.41. The highest BCUT2D eigenvalue weighted by Crippen LogP contribution is 2.39. The largest absolute Gasteiger partial charge is 0.381 e. The van der Waals surface area contributed by atoms with Gasteiger partial charge in [0, 0.05) is 43.3 Å². The van der Waals surface area contributed by atoms with Crippen molar-refractivity contribution in [3.63, 3.8) is 0 Å². The van der Waals surface area contributed by atoms with Crippen molar-refractivity contribution in [3.05, 3.63) is 70.7 Å². The highest BCUT2D eigenvalue weighted by Gasteiger charge is 2.47. The summed E-state index contributed by atoms with van der Waals surface area (Å²) < 4.78 is 5.57. The van der Waals surface area contributed by atoms with Crippen LogP contribution < -0.4 is 5.73 Å². The van der Waals surface area contributed by atoms with Crippen LogP contribution in [0.2, 0.25) is 5.02 Å². The predicted octanol–water partition coefficient (Wildman–Crippen LogP) is 3.76. The summed E-state index contributed by atoms with van der Waals surface area (Å²) in [7, 11) is 0. The van der Waals surface area contributed by atoms with Gasteiger partial charge < -0.3 is 15.4 Å². The van der Waals surface area contributed by atoms with Crippen molar-refractivity contribution in [2.24, 2.45) is 5.73 Å². The zero-order valence-corrected chi connectivity index (χ0v) is 17.3. The standard InChI is InChI=1S/C22H25ClN2O2.ClH/c23-18-8-4-7-17(13-18)22(9-11-27-12-10-22)21(26)25-14-19(20(24)15-25)16-5-2-1-3-6-16;/h1-8,13,19-20H,9-12,14-15,24H2;1H/t19-,20+;/m0./s1. The molecule has 2 aromatic rings. The minimum Gasteiger partial charge on any atom is -0.381 e. The van der Waals surface area contributed by atoms with Gasteiger partial charge in [0.15, 0.2) is 0 Å². The van der Waals surface area contributed by atoms with Crippen LogP contribution in [0.5, 0.6) is 0 Å². The van der Waals surface area contributed by atoms with E-state index in [0.717, 1.165) is 5.56 Å². The van der Waals surface area contributed by atoms with Gasteiger partial charge in [0.2, 0.25) is 5.91 Å². The minimum absolute atomic E-state index is 0. The molecule has 0 saturated carbocycles. The molecule has 28 heavy (non-hydrogen) atoms. The highest BCUT2D eigenvalue weighted by atomic mass is 35.5. The van der Waals surface area contributed by atoms with Crippen LogP contribution in [0.3, 0.4) is 0 Å². The zero-order chi connectivity index (χ0) is 18.9. The van der Waals surface area contributed by atoms with Crippen LogP contribution >= 0.6 is 24.0 Å². The second-order valence-electron chi connectivity index (χ2n) is 7.60. The number of nitrogens with two attached hydrogens (primary N) is 1. The molecule has 6 heteroatoms. The number of carbonyl (C=O) groups excluding carboxylic acids is 1. The fourth-order valence-electron chi connectivity index (χ4n) is 4.48. The van der Waals surface area contributed by atoms with Gasteiger partial charge in [-0.05, 0) is 36.1 Å². The van der Waals surface area contributed by atoms with E-state index in [0.29, 0.717) is 44.2 Å². The number of halogens is 2. The molecule has 2 fully saturated rings. The topological polar surface area (TPSA) is 55.6 Å². The lowest BCUT2D eigenvalue weighted by Crippen LogP contribution is -2.49. The number of carbonyl (C=O) groups is 1. The number of hydrogen-bond donors (Lipinski definition) is 1. The molecular weight excluding hydrogens is 395 g/mol. The van der Waals surface area contributed by atoms with Crippen LogP contribution in [0.25, 0.3) is 0 Å². The Bertz CT molecular complexity index is 809. The van der Waals surface area contributed by atoms with E-state index in [2.05, 4.69) is 12.1 Å². The van der Waals surface area contributed by atoms with Crippen LogP contribution in [-0.2, 0) is 14.9 Å². The Hall–Kier alpha value is -1.59. The molecule has 0 unspecified atom stereocenters. The molecule has 0 aliphatic carbocycles. The second-order valence-corrected chi connectivity index (χ2v) is 8.03. The second kappa shape index (κ2) is 8.83. The third kappa shape index (κ3) is 3.92. The van der Waals surface area contributed by atoms with Crippen molar-refractivity contribution in [2.75, 3.05) is 26.3 Å². The molecule has 1 amide bonds. The number of nitrogens with zero attached hydrogens (tertiary/aromatic N) is 1. The molecule has 2 saturated heterocycles. The van der Waals surface area contributed by atoms with Gasteiger partial charge in [0.25, 0.3) is 0 Å². The first-order valence-corrected chi connectivity index (χ1v) is 9.92. The monoisotopic (exact) mass is 420 g/mol. The first kappa shape index (κ1) is 21.1. The normalized spacial score (nSPS) is 23.9. The Balaban J connectivity index is 0.00000225. The lowest BCUT2D eigenvalue weighted by atomic mass is 9.73. The van der Waals surface area contributed by atoms with Crippen LogP contribution in [0.4, 0.5) is 0 Å². The molecule has 2 heterocycles. The van der Waals surface area contributed by atoms with Gasteiger partial charge in [-0.3, -0.25) is 4.79 Å². The average molecular weight is 421 g/mol. The molecule has 2 aliphatic rings. The third-order valence-electron chi connectivity index (χ3n) is 6.01. The lowest BCUT2D eigenvalue weighted by molar-refractivity contribution is -0.140. The van der Waals surface area contributed by atoms with Crippen LogP contribution in [-0.4, -0.2) is 43.2 Å². The summed E-state index contributed by atoms with van der Waals surface area (Å²) in [6.07, 6.45) is 1.35. The Morgan fingerprint density at radius 2 is 1.79 bits per heavy atom. The van der Waals surface area contributed by atoms with E-state index in [1.165, 1.54) is 5.56 Å². The van der Waals surface area contributed by atoms with E-state index < -0.39 is 5.41 Å². The first-order valence-electron chi connectivity index (χ1n) is 9.54. The van der Waals surface area contributed by atoms with Crippen molar-refractivity contribution >= 4 is 29.9 Å². The quantitative estimate of drug-likeness (QED) is 0.821. The fourth-order valence-corrected chi connectivity index (χ4v) is 4.67. The van der Waals surface area contributed by atoms with Gasteiger partial charge in [0.1, 0.15) is 0 Å². The van der Waals surface area contributed by atoms with Gasteiger partial charge in [-0.2, -0.15) is 0 Å². The number of likely N-dealkylation sites (tertiary alicyclic amines) is 1. The Kier molecular flexibility index (Phi) is 6.66. The number of ether oxygens (including phenoxy) is 1. The molecule has 4 rings (SSSR count). The van der Waals surface area contributed by atoms with Gasteiger partial charge in [-0.1, -0.05) is 54.1 Å². The number of benzene rings is 2. The molecule has 0 aromatic heterocycles. The molecule has 2 aliphatic heterocycles. The molecule has 2 atom stereocenters. The van der Waals surface area contributed by atoms with E-state index in [-0.39, 0.29) is 30.3 Å². The molecular formula is C22H26Cl2N2O2. The van der Waals surface area contributed by atoms with Gasteiger partial charge in [-0.25, -0.2) is 0 Å². The Labute approximate surface area is 177 Å². The van der Waals surface area contributed by atoms with Crippen molar-refractivity contribution in [1.82, 2.24) is 4.90 Å². The first-order chi connectivity index (χ1) is 13.1. The molecule has 150 valence electrons. The summed E-state index contributed by atoms with van der Waals surface area (Å²) >= 11 is 6.24. The molecule has 2 aromatic carbocycles. The van der Waals surface area contributed by atoms with Crippen molar-refractivity contribution < 1.29 is 9.53 Å². The van der Waals surface area contributed by atoms with Crippen molar-refractivity contribution in [2.45, 2.75) is 30.2 Å². The fraction of sp³-hybridized carbons (Fsp3) is 0.409. The molecule has 2 N–H and O–H groups in total. The summed E-state index contributed by atoms with van der Waals surface area (Å²) in [4.78, 5) is 15.7. The van der Waals surface area contributed by atoms with E-state index in [1.807, 2.05) is 47.4 Å². The van der Waals surface area contributed by atoms with Crippen LogP contribution in [0.1, 0.15) is 29.9 Å². The summed E-state index contributed by atoms with van der Waals surface area (Å²) in [5.74, 6) is 0.327. The Morgan fingerprint density at radius 1 is 1.07 bits per heavy atom. The average Bonchev–Trinajstić information content (AvgIpc) is 3.10. The number of hydrogen-bond acceptors (Lipinski definition) is 3. The highest BCUT2D eigenvalue weighted by molar-refractivity contribution is 6.30. The molecule has 0 spiro atoms. The van der Waals surface area contributed by atoms with Crippen LogP contribution in [0, 0.1) is 0 Å². The summed E-state index contributed by atoms with van der Waals surface area (Å²) in [5, 5.41) is 0.659. The number of rotatable bonds is 3. The predicted molar refractivity (Wildman–Crippen MR) is 114 cm³/mol. The smallest absolute Gasteiger partial charge is 0.233 e. The maximum absolute atomic E-state index is 13.7. The van der Waals surface area contributed by atoms with Gasteiger partial charge in [-0.15, -0.1) is 12.4 Å². The SMILES string of the molecule is Cl.N[C@@H]1CN(C(=O)C2(c3cccc(Cl)c3)CCOCC2)C[C@H]1c1ccccc1. The van der Waals surface area contributed by atoms with E-state index in [9.17, 15) is 4.79 Å². The van der Waals surface area contributed by atoms with E-state index >= 15 is 0 Å².